The minimum absolute atomic E-state index is 0.0894. The number of rotatable bonds is 4. The van der Waals surface area contributed by atoms with Gasteiger partial charge in [0.1, 0.15) is 17.2 Å². The summed E-state index contributed by atoms with van der Waals surface area (Å²) in [5.41, 5.74) is 2.41. The Balaban J connectivity index is 2.30. The average molecular weight is 325 g/mol. The molecule has 5 nitrogen and oxygen atoms in total. The van der Waals surface area contributed by atoms with Crippen LogP contribution in [0.4, 0.5) is 0 Å². The Morgan fingerprint density at radius 1 is 0.833 bits per heavy atom. The first kappa shape index (κ1) is 15.9. The lowest BCUT2D eigenvalue weighted by atomic mass is 10.1. The zero-order chi connectivity index (χ0) is 17.3. The summed E-state index contributed by atoms with van der Waals surface area (Å²) in [7, 11) is 6.68. The van der Waals surface area contributed by atoms with Gasteiger partial charge in [0.25, 0.3) is 0 Å². The third-order valence-corrected chi connectivity index (χ3v) is 4.13. The molecule has 0 saturated carbocycles. The first-order valence-corrected chi connectivity index (χ1v) is 7.49. The fourth-order valence-corrected chi connectivity index (χ4v) is 2.83. The van der Waals surface area contributed by atoms with Crippen LogP contribution in [0.25, 0.3) is 22.2 Å². The summed E-state index contributed by atoms with van der Waals surface area (Å²) in [5, 5.41) is 0.540. The zero-order valence-corrected chi connectivity index (χ0v) is 14.1. The highest BCUT2D eigenvalue weighted by Gasteiger charge is 2.14. The lowest BCUT2D eigenvalue weighted by molar-refractivity contribution is 0.397. The number of pyridine rings is 1. The van der Waals surface area contributed by atoms with Gasteiger partial charge in [0.15, 0.2) is 5.43 Å². The van der Waals surface area contributed by atoms with Crippen LogP contribution < -0.4 is 19.6 Å². The number of benzene rings is 2. The molecule has 5 heteroatoms. The summed E-state index contributed by atoms with van der Waals surface area (Å²) in [6, 6.07) is 12.8. The summed E-state index contributed by atoms with van der Waals surface area (Å²) in [4.78, 5) is 12.7. The first-order chi connectivity index (χ1) is 11.6. The van der Waals surface area contributed by atoms with Crippen molar-refractivity contribution in [3.63, 3.8) is 0 Å². The van der Waals surface area contributed by atoms with E-state index in [1.54, 1.807) is 33.5 Å². The number of nitrogens with zero attached hydrogens (tertiary/aromatic N) is 1. The van der Waals surface area contributed by atoms with Crippen molar-refractivity contribution in [3.05, 3.63) is 52.7 Å². The van der Waals surface area contributed by atoms with Gasteiger partial charge in [0.05, 0.1) is 37.9 Å². The van der Waals surface area contributed by atoms with Gasteiger partial charge in [-0.05, 0) is 29.8 Å². The molecule has 0 N–H and O–H groups in total. The summed E-state index contributed by atoms with van der Waals surface area (Å²) in [5.74, 6) is 1.92. The van der Waals surface area contributed by atoms with Crippen LogP contribution in [0.1, 0.15) is 0 Å². The Hall–Kier alpha value is -2.95. The van der Waals surface area contributed by atoms with E-state index in [0.29, 0.717) is 16.9 Å². The topological polar surface area (TPSA) is 49.7 Å². The molecule has 0 aliphatic heterocycles. The SMILES string of the molecule is COc1ccc(-c2cc(=O)c3c(OC)cc(OC)cc3n2C)cc1. The Morgan fingerprint density at radius 2 is 1.50 bits per heavy atom. The molecule has 0 aliphatic carbocycles. The molecule has 0 spiro atoms. The summed E-state index contributed by atoms with van der Waals surface area (Å²) in [6.45, 7) is 0. The first-order valence-electron chi connectivity index (χ1n) is 7.49. The molecule has 1 heterocycles. The van der Waals surface area contributed by atoms with Gasteiger partial charge >= 0.3 is 0 Å². The van der Waals surface area contributed by atoms with Gasteiger partial charge in [-0.15, -0.1) is 0 Å². The third-order valence-electron chi connectivity index (χ3n) is 4.13. The van der Waals surface area contributed by atoms with E-state index < -0.39 is 0 Å². The van der Waals surface area contributed by atoms with Crippen LogP contribution in [-0.4, -0.2) is 25.9 Å². The van der Waals surface area contributed by atoms with E-state index in [2.05, 4.69) is 0 Å². The Labute approximate surface area is 140 Å². The Bertz CT molecular complexity index is 942. The van der Waals surface area contributed by atoms with Crippen LogP contribution in [-0.2, 0) is 7.05 Å². The summed E-state index contributed by atoms with van der Waals surface area (Å²) < 4.78 is 17.8. The van der Waals surface area contributed by atoms with Crippen molar-refractivity contribution in [2.24, 2.45) is 7.05 Å². The highest BCUT2D eigenvalue weighted by molar-refractivity contribution is 5.89. The highest BCUT2D eigenvalue weighted by atomic mass is 16.5. The molecule has 3 aromatic rings. The van der Waals surface area contributed by atoms with E-state index in [1.807, 2.05) is 41.9 Å². The highest BCUT2D eigenvalue weighted by Crippen LogP contribution is 2.31. The molecule has 124 valence electrons. The number of ether oxygens (including phenoxy) is 3. The van der Waals surface area contributed by atoms with Gasteiger partial charge in [-0.25, -0.2) is 0 Å². The van der Waals surface area contributed by atoms with E-state index >= 15 is 0 Å². The van der Waals surface area contributed by atoms with Crippen LogP contribution in [0, 0.1) is 0 Å². The minimum atomic E-state index is -0.0894. The number of aromatic nitrogens is 1. The summed E-state index contributed by atoms with van der Waals surface area (Å²) >= 11 is 0. The largest absolute Gasteiger partial charge is 0.497 e. The van der Waals surface area contributed by atoms with Gasteiger partial charge < -0.3 is 18.8 Å². The Kier molecular flexibility index (Phi) is 4.16. The molecule has 0 unspecified atom stereocenters. The molecule has 0 amide bonds. The molecule has 1 aromatic heterocycles. The van der Waals surface area contributed by atoms with Crippen molar-refractivity contribution in [2.75, 3.05) is 21.3 Å². The standard InChI is InChI=1S/C19H19NO4/c1-20-15(12-5-7-13(22-2)8-6-12)11-17(21)19-16(20)9-14(23-3)10-18(19)24-4/h5-11H,1-4H3. The van der Waals surface area contributed by atoms with E-state index in [9.17, 15) is 4.79 Å². The molecular formula is C19H19NO4. The molecular weight excluding hydrogens is 306 g/mol. The van der Waals surface area contributed by atoms with Crippen molar-refractivity contribution in [1.29, 1.82) is 0 Å². The monoisotopic (exact) mass is 325 g/mol. The van der Waals surface area contributed by atoms with Crippen LogP contribution in [0.2, 0.25) is 0 Å². The predicted octanol–water partition coefficient (Wildman–Crippen LogP) is 3.23. The fraction of sp³-hybridized carbons (Fsp3) is 0.211. The fourth-order valence-electron chi connectivity index (χ4n) is 2.83. The number of aryl methyl sites for hydroxylation is 1. The molecule has 0 radical (unpaired) electrons. The maximum absolute atomic E-state index is 12.7. The van der Waals surface area contributed by atoms with Gasteiger partial charge in [0, 0.05) is 25.2 Å². The van der Waals surface area contributed by atoms with Crippen molar-refractivity contribution in [3.8, 4) is 28.5 Å². The average Bonchev–Trinajstić information content (AvgIpc) is 2.63. The van der Waals surface area contributed by atoms with E-state index in [4.69, 9.17) is 14.2 Å². The second-order valence-corrected chi connectivity index (χ2v) is 5.41. The second-order valence-electron chi connectivity index (χ2n) is 5.41. The molecule has 24 heavy (non-hydrogen) atoms. The molecule has 3 rings (SSSR count). The predicted molar refractivity (Wildman–Crippen MR) is 94.3 cm³/mol. The van der Waals surface area contributed by atoms with Crippen LogP contribution in [0.5, 0.6) is 17.2 Å². The quantitative estimate of drug-likeness (QED) is 0.739. The van der Waals surface area contributed by atoms with Gasteiger partial charge in [0.2, 0.25) is 0 Å². The maximum Gasteiger partial charge on any atom is 0.193 e. The normalized spacial score (nSPS) is 10.7. The van der Waals surface area contributed by atoms with Gasteiger partial charge in [-0.2, -0.15) is 0 Å². The lowest BCUT2D eigenvalue weighted by Gasteiger charge is -2.15. The molecule has 0 fully saturated rings. The molecule has 0 atom stereocenters. The number of hydrogen-bond acceptors (Lipinski definition) is 4. The molecule has 2 aromatic carbocycles. The maximum atomic E-state index is 12.7. The van der Waals surface area contributed by atoms with Gasteiger partial charge in [-0.3, -0.25) is 4.79 Å². The van der Waals surface area contributed by atoms with Crippen molar-refractivity contribution >= 4 is 10.9 Å². The number of hydrogen-bond donors (Lipinski definition) is 0. The number of methoxy groups -OCH3 is 3. The zero-order valence-electron chi connectivity index (χ0n) is 14.1. The lowest BCUT2D eigenvalue weighted by Crippen LogP contribution is -2.10. The van der Waals surface area contributed by atoms with Crippen molar-refractivity contribution < 1.29 is 14.2 Å². The molecule has 0 aliphatic rings. The van der Waals surface area contributed by atoms with Crippen molar-refractivity contribution in [1.82, 2.24) is 4.57 Å². The molecule has 0 saturated heterocycles. The second kappa shape index (κ2) is 6.28. The smallest absolute Gasteiger partial charge is 0.193 e. The van der Waals surface area contributed by atoms with E-state index in [-0.39, 0.29) is 5.43 Å². The molecule has 0 bridgehead atoms. The Morgan fingerprint density at radius 3 is 2.08 bits per heavy atom. The minimum Gasteiger partial charge on any atom is -0.497 e. The van der Waals surface area contributed by atoms with Crippen LogP contribution >= 0.6 is 0 Å². The van der Waals surface area contributed by atoms with Crippen molar-refractivity contribution in [2.45, 2.75) is 0 Å². The van der Waals surface area contributed by atoms with Crippen LogP contribution in [0.15, 0.2) is 47.3 Å². The van der Waals surface area contributed by atoms with Crippen LogP contribution in [0.3, 0.4) is 0 Å². The van der Waals surface area contributed by atoms with Gasteiger partial charge in [-0.1, -0.05) is 0 Å². The number of fused-ring (bicyclic) bond motifs is 1. The van der Waals surface area contributed by atoms with E-state index in [0.717, 1.165) is 22.5 Å². The summed E-state index contributed by atoms with van der Waals surface area (Å²) in [6.07, 6.45) is 0. The van der Waals surface area contributed by atoms with E-state index in [1.165, 1.54) is 0 Å². The third kappa shape index (κ3) is 2.58.